The van der Waals surface area contributed by atoms with Crippen LogP contribution in [0, 0.1) is 0 Å². The van der Waals surface area contributed by atoms with Crippen molar-refractivity contribution in [2.45, 2.75) is 0 Å². The number of fused-ring (bicyclic) bond motifs is 1. The summed E-state index contributed by atoms with van der Waals surface area (Å²) in [4.78, 5) is 0. The number of phenols is 3. The maximum absolute atomic E-state index is 9.79. The van der Waals surface area contributed by atoms with Crippen molar-refractivity contribution in [1.82, 2.24) is 0 Å². The molecule has 3 N–H and O–H groups in total. The third kappa shape index (κ3) is 1.93. The Hall–Kier alpha value is -2.75. The van der Waals surface area contributed by atoms with Crippen LogP contribution in [-0.4, -0.2) is 15.3 Å². The molecule has 0 atom stereocenters. The second-order valence-corrected chi connectivity index (χ2v) is 4.20. The fraction of sp³-hybridized carbons (Fsp3) is 0. The summed E-state index contributed by atoms with van der Waals surface area (Å²) in [6.07, 6.45) is 0. The first-order chi connectivity index (χ1) is 9.15. The summed E-state index contributed by atoms with van der Waals surface area (Å²) in [6.45, 7) is 0. The van der Waals surface area contributed by atoms with Crippen LogP contribution in [0.4, 0.5) is 0 Å². The van der Waals surface area contributed by atoms with Crippen LogP contribution in [0.2, 0.25) is 0 Å². The molecule has 1 aromatic heterocycles. The van der Waals surface area contributed by atoms with Crippen molar-refractivity contribution in [3.63, 3.8) is 0 Å². The molecule has 2 aromatic carbocycles. The maximum Gasteiger partial charge on any atom is 0.405 e. The molecule has 0 spiro atoms. The van der Waals surface area contributed by atoms with E-state index in [9.17, 15) is 15.3 Å². The van der Waals surface area contributed by atoms with Gasteiger partial charge in [0.15, 0.2) is 5.75 Å². The van der Waals surface area contributed by atoms with Gasteiger partial charge in [0.05, 0.1) is 10.9 Å². The Morgan fingerprint density at radius 1 is 0.737 bits per heavy atom. The van der Waals surface area contributed by atoms with Gasteiger partial charge in [-0.3, -0.25) is 0 Å². The fourth-order valence-corrected chi connectivity index (χ4v) is 1.91. The molecule has 3 aromatic rings. The Bertz CT molecular complexity index is 748. The first-order valence-electron chi connectivity index (χ1n) is 5.72. The molecule has 0 unspecified atom stereocenters. The molecule has 0 fully saturated rings. The van der Waals surface area contributed by atoms with E-state index in [0.717, 1.165) is 5.56 Å². The van der Waals surface area contributed by atoms with Gasteiger partial charge >= 0.3 is 11.3 Å². The number of rotatable bonds is 1. The summed E-state index contributed by atoms with van der Waals surface area (Å²) in [5.41, 5.74) is 0.994. The lowest BCUT2D eigenvalue weighted by molar-refractivity contribution is 0.400. The summed E-state index contributed by atoms with van der Waals surface area (Å²) in [5.74, 6) is 0.204. The van der Waals surface area contributed by atoms with E-state index in [0.29, 0.717) is 11.1 Å². The van der Waals surface area contributed by atoms with Crippen LogP contribution < -0.4 is 0 Å². The van der Waals surface area contributed by atoms with Crippen molar-refractivity contribution in [3.8, 4) is 28.6 Å². The molecular formula is C15H11O4+. The van der Waals surface area contributed by atoms with Gasteiger partial charge in [-0.1, -0.05) is 0 Å². The Morgan fingerprint density at radius 2 is 1.42 bits per heavy atom. The molecule has 1 heterocycles. The molecule has 0 radical (unpaired) electrons. The van der Waals surface area contributed by atoms with Crippen molar-refractivity contribution in [1.29, 1.82) is 0 Å². The Labute approximate surface area is 108 Å². The van der Waals surface area contributed by atoms with Gasteiger partial charge in [0.25, 0.3) is 5.75 Å². The molecule has 0 aliphatic carbocycles. The van der Waals surface area contributed by atoms with Gasteiger partial charge in [-0.05, 0) is 42.5 Å². The Kier molecular flexibility index (Phi) is 2.49. The lowest BCUT2D eigenvalue weighted by atomic mass is 10.1. The highest BCUT2D eigenvalue weighted by atomic mass is 16.4. The number of aromatic hydroxyl groups is 3. The number of hydrogen-bond donors (Lipinski definition) is 3. The van der Waals surface area contributed by atoms with Crippen molar-refractivity contribution in [2.75, 3.05) is 0 Å². The van der Waals surface area contributed by atoms with Crippen LogP contribution in [0.3, 0.4) is 0 Å². The Balaban J connectivity index is 2.20. The van der Waals surface area contributed by atoms with E-state index in [-0.39, 0.29) is 22.8 Å². The highest BCUT2D eigenvalue weighted by molar-refractivity contribution is 5.86. The van der Waals surface area contributed by atoms with Crippen LogP contribution in [0.25, 0.3) is 22.3 Å². The molecule has 94 valence electrons. The summed E-state index contributed by atoms with van der Waals surface area (Å²) in [7, 11) is 0. The quantitative estimate of drug-likeness (QED) is 0.459. The molecular weight excluding hydrogens is 244 g/mol. The molecule has 19 heavy (non-hydrogen) atoms. The third-order valence-electron chi connectivity index (χ3n) is 2.92. The van der Waals surface area contributed by atoms with Gasteiger partial charge < -0.3 is 15.3 Å². The average molecular weight is 255 g/mol. The summed E-state index contributed by atoms with van der Waals surface area (Å²) in [6, 6.07) is 13.2. The minimum atomic E-state index is -0.280. The molecule has 0 saturated heterocycles. The van der Waals surface area contributed by atoms with Gasteiger partial charge in [-0.15, -0.1) is 0 Å². The van der Waals surface area contributed by atoms with Crippen LogP contribution in [0.15, 0.2) is 52.9 Å². The van der Waals surface area contributed by atoms with E-state index in [1.165, 1.54) is 6.07 Å². The zero-order valence-electron chi connectivity index (χ0n) is 9.87. The van der Waals surface area contributed by atoms with Crippen molar-refractivity contribution < 1.29 is 19.7 Å². The number of phenolic OH excluding ortho intramolecular Hbond substituents is 3. The monoisotopic (exact) mass is 255 g/mol. The fourth-order valence-electron chi connectivity index (χ4n) is 1.91. The molecule has 0 aliphatic heterocycles. The minimum absolute atomic E-state index is 0.171. The lowest BCUT2D eigenvalue weighted by Gasteiger charge is -1.97. The number of hydrogen-bond acceptors (Lipinski definition) is 3. The van der Waals surface area contributed by atoms with Crippen molar-refractivity contribution >= 4 is 11.0 Å². The zero-order valence-corrected chi connectivity index (χ0v) is 9.87. The van der Waals surface area contributed by atoms with Crippen LogP contribution >= 0.6 is 0 Å². The summed E-state index contributed by atoms with van der Waals surface area (Å²) in [5, 5.41) is 29.2. The van der Waals surface area contributed by atoms with Gasteiger partial charge in [-0.2, -0.15) is 0 Å². The van der Waals surface area contributed by atoms with Gasteiger partial charge in [0.2, 0.25) is 0 Å². The van der Waals surface area contributed by atoms with Crippen LogP contribution in [0.5, 0.6) is 17.2 Å². The van der Waals surface area contributed by atoms with E-state index in [1.54, 1.807) is 42.5 Å². The van der Waals surface area contributed by atoms with E-state index < -0.39 is 0 Å². The third-order valence-corrected chi connectivity index (χ3v) is 2.92. The first kappa shape index (κ1) is 11.3. The predicted molar refractivity (Wildman–Crippen MR) is 71.1 cm³/mol. The standard InChI is InChI=1S/C15H10O4/c16-11-5-1-9(2-6-11)13-8-4-10-3-7-12(17)14(18)15(10)19-13/h1-8H,(H2-,16,17,18)/p+1. The summed E-state index contributed by atoms with van der Waals surface area (Å²) >= 11 is 0. The summed E-state index contributed by atoms with van der Waals surface area (Å²) < 4.78 is 5.61. The van der Waals surface area contributed by atoms with E-state index in [2.05, 4.69) is 0 Å². The first-order valence-corrected chi connectivity index (χ1v) is 5.72. The zero-order chi connectivity index (χ0) is 13.4. The average Bonchev–Trinajstić information content (AvgIpc) is 2.44. The highest BCUT2D eigenvalue weighted by Crippen LogP contribution is 2.35. The van der Waals surface area contributed by atoms with Gasteiger partial charge in [0, 0.05) is 6.07 Å². The smallest absolute Gasteiger partial charge is 0.405 e. The minimum Gasteiger partial charge on any atom is -0.508 e. The lowest BCUT2D eigenvalue weighted by Crippen LogP contribution is -1.80. The van der Waals surface area contributed by atoms with Crippen LogP contribution in [0.1, 0.15) is 0 Å². The van der Waals surface area contributed by atoms with Crippen molar-refractivity contribution in [3.05, 3.63) is 48.5 Å². The molecule has 0 aliphatic rings. The molecule has 4 heteroatoms. The van der Waals surface area contributed by atoms with Crippen LogP contribution in [-0.2, 0) is 0 Å². The second-order valence-electron chi connectivity index (χ2n) is 4.20. The molecule has 4 nitrogen and oxygen atoms in total. The SMILES string of the molecule is Oc1ccc(-c2ccc3ccc(O)c(O)c3[o+]2)cc1. The van der Waals surface area contributed by atoms with E-state index >= 15 is 0 Å². The Morgan fingerprint density at radius 3 is 2.16 bits per heavy atom. The number of benzene rings is 2. The van der Waals surface area contributed by atoms with E-state index in [1.807, 2.05) is 0 Å². The normalized spacial score (nSPS) is 10.7. The largest absolute Gasteiger partial charge is 0.508 e. The second kappa shape index (κ2) is 4.17. The molecule has 0 saturated carbocycles. The predicted octanol–water partition coefficient (Wildman–Crippen LogP) is 3.50. The van der Waals surface area contributed by atoms with Crippen molar-refractivity contribution in [2.24, 2.45) is 0 Å². The molecule has 0 bridgehead atoms. The topological polar surface area (TPSA) is 72.0 Å². The molecule has 0 amide bonds. The highest BCUT2D eigenvalue weighted by Gasteiger charge is 2.20. The van der Waals surface area contributed by atoms with E-state index in [4.69, 9.17) is 4.42 Å². The molecule has 3 rings (SSSR count). The maximum atomic E-state index is 9.79. The van der Waals surface area contributed by atoms with Gasteiger partial charge in [0.1, 0.15) is 5.75 Å². The van der Waals surface area contributed by atoms with Gasteiger partial charge in [-0.25, -0.2) is 4.42 Å².